The second-order valence-electron chi connectivity index (χ2n) is 5.03. The summed E-state index contributed by atoms with van der Waals surface area (Å²) in [4.78, 5) is 12.9. The van der Waals surface area contributed by atoms with Gasteiger partial charge in [0.15, 0.2) is 0 Å². The van der Waals surface area contributed by atoms with E-state index in [9.17, 15) is 0 Å². The number of aromatic nitrogens is 3. The standard InChI is InChI=1S/C15H21N5/c1-11(2)13-5-7-18-15(20-13)19-9-8-17-14-10-12(3)4-6-16-14/h4-7,10-11H,8-9H2,1-3H3,(H,16,17)(H,18,19,20). The summed E-state index contributed by atoms with van der Waals surface area (Å²) in [6, 6.07) is 5.95. The van der Waals surface area contributed by atoms with Crippen LogP contribution >= 0.6 is 0 Å². The number of nitrogens with one attached hydrogen (secondary N) is 2. The summed E-state index contributed by atoms with van der Waals surface area (Å²) in [5.74, 6) is 1.98. The summed E-state index contributed by atoms with van der Waals surface area (Å²) in [6.07, 6.45) is 3.60. The van der Waals surface area contributed by atoms with Gasteiger partial charge in [-0.3, -0.25) is 0 Å². The molecule has 0 aliphatic rings. The van der Waals surface area contributed by atoms with E-state index >= 15 is 0 Å². The fraction of sp³-hybridized carbons (Fsp3) is 0.400. The molecule has 0 unspecified atom stereocenters. The third-order valence-corrected chi connectivity index (χ3v) is 2.90. The van der Waals surface area contributed by atoms with Gasteiger partial charge in [0.1, 0.15) is 5.82 Å². The fourth-order valence-corrected chi connectivity index (χ4v) is 1.78. The van der Waals surface area contributed by atoms with Crippen LogP contribution in [0.4, 0.5) is 11.8 Å². The van der Waals surface area contributed by atoms with E-state index in [1.807, 2.05) is 18.2 Å². The third-order valence-electron chi connectivity index (χ3n) is 2.90. The molecule has 0 bridgehead atoms. The second kappa shape index (κ2) is 6.84. The highest BCUT2D eigenvalue weighted by Crippen LogP contribution is 2.11. The van der Waals surface area contributed by atoms with Crippen molar-refractivity contribution in [1.82, 2.24) is 15.0 Å². The Balaban J connectivity index is 1.80. The molecule has 0 amide bonds. The molecule has 0 atom stereocenters. The molecule has 0 radical (unpaired) electrons. The van der Waals surface area contributed by atoms with Gasteiger partial charge in [-0.15, -0.1) is 0 Å². The Morgan fingerprint density at radius 3 is 2.55 bits per heavy atom. The number of nitrogens with zero attached hydrogens (tertiary/aromatic N) is 3. The molecular formula is C15H21N5. The minimum atomic E-state index is 0.410. The van der Waals surface area contributed by atoms with Crippen molar-refractivity contribution in [3.05, 3.63) is 41.9 Å². The Kier molecular flexibility index (Phi) is 4.87. The molecule has 2 N–H and O–H groups in total. The van der Waals surface area contributed by atoms with Crippen LogP contribution in [0.1, 0.15) is 31.0 Å². The van der Waals surface area contributed by atoms with Gasteiger partial charge in [0.2, 0.25) is 5.95 Å². The number of pyridine rings is 1. The van der Waals surface area contributed by atoms with Crippen molar-refractivity contribution < 1.29 is 0 Å². The van der Waals surface area contributed by atoms with Crippen molar-refractivity contribution in [2.45, 2.75) is 26.7 Å². The first-order valence-electron chi connectivity index (χ1n) is 6.88. The Labute approximate surface area is 119 Å². The smallest absolute Gasteiger partial charge is 0.222 e. The van der Waals surface area contributed by atoms with Gasteiger partial charge in [0, 0.05) is 31.2 Å². The van der Waals surface area contributed by atoms with E-state index in [2.05, 4.69) is 46.4 Å². The highest BCUT2D eigenvalue weighted by atomic mass is 15.1. The highest BCUT2D eigenvalue weighted by Gasteiger charge is 2.02. The highest BCUT2D eigenvalue weighted by molar-refractivity contribution is 5.37. The van der Waals surface area contributed by atoms with Crippen molar-refractivity contribution in [2.75, 3.05) is 23.7 Å². The van der Waals surface area contributed by atoms with Crippen molar-refractivity contribution in [3.63, 3.8) is 0 Å². The molecule has 2 heterocycles. The molecule has 106 valence electrons. The lowest BCUT2D eigenvalue weighted by Crippen LogP contribution is -2.16. The number of anilines is 2. The quantitative estimate of drug-likeness (QED) is 0.791. The molecule has 2 aromatic rings. The lowest BCUT2D eigenvalue weighted by molar-refractivity contribution is 0.813. The Morgan fingerprint density at radius 2 is 1.80 bits per heavy atom. The first-order chi connectivity index (χ1) is 9.65. The Bertz CT molecular complexity index is 553. The van der Waals surface area contributed by atoms with Gasteiger partial charge in [-0.2, -0.15) is 0 Å². The van der Waals surface area contributed by atoms with Gasteiger partial charge < -0.3 is 10.6 Å². The van der Waals surface area contributed by atoms with Crippen LogP contribution in [0.25, 0.3) is 0 Å². The van der Waals surface area contributed by atoms with Crippen molar-refractivity contribution in [3.8, 4) is 0 Å². The Morgan fingerprint density at radius 1 is 1.05 bits per heavy atom. The largest absolute Gasteiger partial charge is 0.368 e. The van der Waals surface area contributed by atoms with Gasteiger partial charge in [-0.25, -0.2) is 15.0 Å². The van der Waals surface area contributed by atoms with E-state index in [1.165, 1.54) is 5.56 Å². The molecule has 2 rings (SSSR count). The summed E-state index contributed by atoms with van der Waals surface area (Å²) >= 11 is 0. The SMILES string of the molecule is Cc1ccnc(NCCNc2nccc(C(C)C)n2)c1. The zero-order chi connectivity index (χ0) is 14.4. The van der Waals surface area contributed by atoms with Gasteiger partial charge in [-0.05, 0) is 36.6 Å². The first kappa shape index (κ1) is 14.2. The molecule has 5 nitrogen and oxygen atoms in total. The normalized spacial score (nSPS) is 10.6. The molecule has 0 aromatic carbocycles. The van der Waals surface area contributed by atoms with Crippen molar-refractivity contribution >= 4 is 11.8 Å². The van der Waals surface area contributed by atoms with Gasteiger partial charge in [-0.1, -0.05) is 13.8 Å². The van der Waals surface area contributed by atoms with Crippen LogP contribution in [-0.2, 0) is 0 Å². The molecule has 0 fully saturated rings. The summed E-state index contributed by atoms with van der Waals surface area (Å²) in [6.45, 7) is 7.81. The predicted octanol–water partition coefficient (Wildman–Crippen LogP) is 2.83. The van der Waals surface area contributed by atoms with Gasteiger partial charge in [0.25, 0.3) is 0 Å². The van der Waals surface area contributed by atoms with Crippen LogP contribution in [-0.4, -0.2) is 28.0 Å². The molecule has 0 aliphatic carbocycles. The molecule has 5 heteroatoms. The van der Waals surface area contributed by atoms with Crippen molar-refractivity contribution in [1.29, 1.82) is 0 Å². The number of hydrogen-bond donors (Lipinski definition) is 2. The zero-order valence-electron chi connectivity index (χ0n) is 12.2. The summed E-state index contributed by atoms with van der Waals surface area (Å²) < 4.78 is 0. The lowest BCUT2D eigenvalue weighted by Gasteiger charge is -2.09. The minimum absolute atomic E-state index is 0.410. The number of rotatable bonds is 6. The van der Waals surface area contributed by atoms with E-state index in [1.54, 1.807) is 12.4 Å². The van der Waals surface area contributed by atoms with Crippen LogP contribution in [0.3, 0.4) is 0 Å². The van der Waals surface area contributed by atoms with E-state index in [4.69, 9.17) is 0 Å². The topological polar surface area (TPSA) is 62.7 Å². The maximum atomic E-state index is 4.47. The molecular weight excluding hydrogens is 250 g/mol. The molecule has 20 heavy (non-hydrogen) atoms. The maximum Gasteiger partial charge on any atom is 0.222 e. The molecule has 2 aromatic heterocycles. The lowest BCUT2D eigenvalue weighted by atomic mass is 10.1. The summed E-state index contributed by atoms with van der Waals surface area (Å²) in [7, 11) is 0. The third kappa shape index (κ3) is 4.19. The average Bonchev–Trinajstić information content (AvgIpc) is 2.44. The van der Waals surface area contributed by atoms with E-state index in [-0.39, 0.29) is 0 Å². The van der Waals surface area contributed by atoms with Crippen LogP contribution in [0, 0.1) is 6.92 Å². The van der Waals surface area contributed by atoms with Crippen LogP contribution in [0.15, 0.2) is 30.6 Å². The Hall–Kier alpha value is -2.17. The fourth-order valence-electron chi connectivity index (χ4n) is 1.78. The van der Waals surface area contributed by atoms with E-state index in [0.29, 0.717) is 11.9 Å². The van der Waals surface area contributed by atoms with Crippen LogP contribution < -0.4 is 10.6 Å². The maximum absolute atomic E-state index is 4.47. The summed E-state index contributed by atoms with van der Waals surface area (Å²) in [5, 5.41) is 6.48. The van der Waals surface area contributed by atoms with Crippen molar-refractivity contribution in [2.24, 2.45) is 0 Å². The van der Waals surface area contributed by atoms with Crippen LogP contribution in [0.5, 0.6) is 0 Å². The molecule has 0 aliphatic heterocycles. The van der Waals surface area contributed by atoms with E-state index < -0.39 is 0 Å². The number of hydrogen-bond acceptors (Lipinski definition) is 5. The number of aryl methyl sites for hydroxylation is 1. The van der Waals surface area contributed by atoms with Crippen LogP contribution in [0.2, 0.25) is 0 Å². The first-order valence-corrected chi connectivity index (χ1v) is 6.88. The monoisotopic (exact) mass is 271 g/mol. The predicted molar refractivity (Wildman–Crippen MR) is 82.1 cm³/mol. The van der Waals surface area contributed by atoms with Gasteiger partial charge in [0.05, 0.1) is 0 Å². The molecule has 0 spiro atoms. The summed E-state index contributed by atoms with van der Waals surface area (Å²) in [5.41, 5.74) is 2.25. The minimum Gasteiger partial charge on any atom is -0.368 e. The second-order valence-corrected chi connectivity index (χ2v) is 5.03. The zero-order valence-corrected chi connectivity index (χ0v) is 12.2. The average molecular weight is 271 g/mol. The van der Waals surface area contributed by atoms with Gasteiger partial charge >= 0.3 is 0 Å². The molecule has 0 saturated carbocycles. The molecule has 0 saturated heterocycles. The van der Waals surface area contributed by atoms with E-state index in [0.717, 1.165) is 24.6 Å².